The average Bonchev–Trinajstić information content (AvgIpc) is 3.01. The number of nitrogens with zero attached hydrogens (tertiary/aromatic N) is 2. The van der Waals surface area contributed by atoms with Gasteiger partial charge in [0.2, 0.25) is 0 Å². The number of pyridine rings is 1. The van der Waals surface area contributed by atoms with Crippen molar-refractivity contribution < 1.29 is 12.8 Å². The number of hydrogen-bond donors (Lipinski definition) is 1. The van der Waals surface area contributed by atoms with Crippen molar-refractivity contribution in [1.29, 1.82) is 0 Å². The van der Waals surface area contributed by atoms with Crippen LogP contribution in [0.1, 0.15) is 5.56 Å². The van der Waals surface area contributed by atoms with Crippen LogP contribution in [-0.4, -0.2) is 24.4 Å². The number of halogens is 2. The van der Waals surface area contributed by atoms with Crippen molar-refractivity contribution in [2.45, 2.75) is 11.4 Å². The summed E-state index contributed by atoms with van der Waals surface area (Å²) in [7, 11) is -2.11. The third-order valence-electron chi connectivity index (χ3n) is 3.56. The van der Waals surface area contributed by atoms with E-state index in [-0.39, 0.29) is 33.1 Å². The van der Waals surface area contributed by atoms with Crippen LogP contribution in [0.4, 0.5) is 4.39 Å². The molecule has 3 aromatic rings. The van der Waals surface area contributed by atoms with E-state index in [0.29, 0.717) is 6.54 Å². The Morgan fingerprint density at radius 1 is 1.20 bits per heavy atom. The summed E-state index contributed by atoms with van der Waals surface area (Å²) < 4.78 is 41.2. The first-order valence-electron chi connectivity index (χ1n) is 7.30. The Bertz CT molecular complexity index is 959. The van der Waals surface area contributed by atoms with E-state index in [2.05, 4.69) is 10.3 Å². The van der Waals surface area contributed by atoms with Crippen LogP contribution in [0.2, 0.25) is 0 Å². The van der Waals surface area contributed by atoms with Crippen molar-refractivity contribution in [1.82, 2.24) is 14.3 Å². The van der Waals surface area contributed by atoms with E-state index < -0.39 is 15.8 Å². The Kier molecular flexibility index (Phi) is 6.10. The molecular weight excluding hydrogens is 409 g/mol. The molecule has 1 aromatic carbocycles. The molecule has 0 atom stereocenters. The molecule has 1 N–H and O–H groups in total. The quantitative estimate of drug-likeness (QED) is 0.681. The molecule has 0 saturated heterocycles. The Hall–Kier alpha value is -2.03. The van der Waals surface area contributed by atoms with Gasteiger partial charge in [-0.05, 0) is 42.9 Å². The maximum Gasteiger partial charge on any atom is 0.269 e. The number of benzene rings is 1. The standard InChI is InChI=1S/C17H16FN3O2S.BrH/c1-19-10-13-9-17(15-6-2-3-7-16(15)18)21(12-13)24(22,23)14-5-4-8-20-11-14;/h2-9,11-12,19H,10H2,1H3;1H. The molecular formula is C17H17BrFN3O2S. The molecule has 132 valence electrons. The fourth-order valence-corrected chi connectivity index (χ4v) is 3.83. The minimum Gasteiger partial charge on any atom is -0.316 e. The summed E-state index contributed by atoms with van der Waals surface area (Å²) in [5.41, 5.74) is 1.25. The topological polar surface area (TPSA) is 64.0 Å². The van der Waals surface area contributed by atoms with Gasteiger partial charge >= 0.3 is 0 Å². The summed E-state index contributed by atoms with van der Waals surface area (Å²) >= 11 is 0. The van der Waals surface area contributed by atoms with Gasteiger partial charge in [0.1, 0.15) is 10.7 Å². The van der Waals surface area contributed by atoms with Crippen molar-refractivity contribution in [3.63, 3.8) is 0 Å². The number of hydrogen-bond acceptors (Lipinski definition) is 4. The fraction of sp³-hybridized carbons (Fsp3) is 0.118. The predicted molar refractivity (Wildman–Crippen MR) is 99.7 cm³/mol. The summed E-state index contributed by atoms with van der Waals surface area (Å²) in [6.45, 7) is 0.469. The molecule has 2 heterocycles. The molecule has 5 nitrogen and oxygen atoms in total. The maximum absolute atomic E-state index is 14.2. The molecule has 25 heavy (non-hydrogen) atoms. The zero-order valence-electron chi connectivity index (χ0n) is 13.4. The smallest absolute Gasteiger partial charge is 0.269 e. The monoisotopic (exact) mass is 425 g/mol. The molecule has 0 unspecified atom stereocenters. The molecule has 0 aliphatic heterocycles. The lowest BCUT2D eigenvalue weighted by Crippen LogP contribution is -2.14. The molecule has 0 aliphatic carbocycles. The van der Waals surface area contributed by atoms with Crippen molar-refractivity contribution in [3.8, 4) is 11.3 Å². The van der Waals surface area contributed by atoms with Gasteiger partial charge in [-0.2, -0.15) is 0 Å². The Labute approximate surface area is 156 Å². The van der Waals surface area contributed by atoms with E-state index in [9.17, 15) is 12.8 Å². The first-order valence-corrected chi connectivity index (χ1v) is 8.74. The van der Waals surface area contributed by atoms with Crippen LogP contribution in [0.5, 0.6) is 0 Å². The Morgan fingerprint density at radius 2 is 1.96 bits per heavy atom. The molecule has 0 spiro atoms. The molecule has 8 heteroatoms. The van der Waals surface area contributed by atoms with Gasteiger partial charge in [-0.15, -0.1) is 17.0 Å². The summed E-state index contributed by atoms with van der Waals surface area (Å²) in [5.74, 6) is -0.478. The summed E-state index contributed by atoms with van der Waals surface area (Å²) in [6.07, 6.45) is 4.28. The molecule has 0 aliphatic rings. The second kappa shape index (κ2) is 7.90. The Balaban J connectivity index is 0.00000225. The van der Waals surface area contributed by atoms with E-state index in [1.54, 1.807) is 37.4 Å². The van der Waals surface area contributed by atoms with Crippen LogP contribution >= 0.6 is 17.0 Å². The van der Waals surface area contributed by atoms with Gasteiger partial charge in [-0.1, -0.05) is 12.1 Å². The highest BCUT2D eigenvalue weighted by atomic mass is 79.9. The number of nitrogens with one attached hydrogen (secondary N) is 1. The SMILES string of the molecule is Br.CNCc1cc(-c2ccccc2F)n(S(=O)(=O)c2cccnc2)c1. The van der Waals surface area contributed by atoms with E-state index in [1.807, 2.05) is 0 Å². The minimum atomic E-state index is -3.87. The van der Waals surface area contributed by atoms with Crippen LogP contribution in [-0.2, 0) is 16.6 Å². The molecule has 0 fully saturated rings. The van der Waals surface area contributed by atoms with Gasteiger partial charge in [0.05, 0.1) is 5.69 Å². The first kappa shape index (κ1) is 19.3. The molecule has 0 radical (unpaired) electrons. The van der Waals surface area contributed by atoms with Crippen molar-refractivity contribution in [2.24, 2.45) is 0 Å². The third kappa shape index (κ3) is 3.81. The number of rotatable bonds is 5. The van der Waals surface area contributed by atoms with Crippen LogP contribution in [0.25, 0.3) is 11.3 Å². The average molecular weight is 426 g/mol. The summed E-state index contributed by atoms with van der Waals surface area (Å²) in [5, 5.41) is 2.97. The summed E-state index contributed by atoms with van der Waals surface area (Å²) in [6, 6.07) is 10.8. The second-order valence-corrected chi connectivity index (χ2v) is 7.05. The van der Waals surface area contributed by atoms with Crippen LogP contribution < -0.4 is 5.32 Å². The van der Waals surface area contributed by atoms with Crippen molar-refractivity contribution >= 4 is 27.0 Å². The molecule has 0 saturated carbocycles. The zero-order chi connectivity index (χ0) is 17.2. The lowest BCUT2D eigenvalue weighted by atomic mass is 10.1. The van der Waals surface area contributed by atoms with E-state index in [0.717, 1.165) is 9.54 Å². The minimum absolute atomic E-state index is 0. The molecule has 0 amide bonds. The lowest BCUT2D eigenvalue weighted by molar-refractivity contribution is 0.587. The largest absolute Gasteiger partial charge is 0.316 e. The fourth-order valence-electron chi connectivity index (χ4n) is 2.47. The maximum atomic E-state index is 14.2. The van der Waals surface area contributed by atoms with Crippen LogP contribution in [0.15, 0.2) is 66.0 Å². The van der Waals surface area contributed by atoms with Gasteiger partial charge in [0.15, 0.2) is 0 Å². The highest BCUT2D eigenvalue weighted by molar-refractivity contribution is 8.93. The van der Waals surface area contributed by atoms with Crippen molar-refractivity contribution in [2.75, 3.05) is 7.05 Å². The van der Waals surface area contributed by atoms with Gasteiger partial charge in [0, 0.05) is 30.7 Å². The molecule has 3 rings (SSSR count). The first-order chi connectivity index (χ1) is 11.5. The predicted octanol–water partition coefficient (Wildman–Crippen LogP) is 3.22. The summed E-state index contributed by atoms with van der Waals surface area (Å²) in [4.78, 5) is 3.91. The van der Waals surface area contributed by atoms with Crippen molar-refractivity contribution in [3.05, 3.63) is 72.4 Å². The molecule has 0 bridgehead atoms. The van der Waals surface area contributed by atoms with E-state index in [1.165, 1.54) is 30.7 Å². The van der Waals surface area contributed by atoms with Gasteiger partial charge < -0.3 is 5.32 Å². The normalized spacial score (nSPS) is 11.1. The van der Waals surface area contributed by atoms with Gasteiger partial charge in [0.25, 0.3) is 10.0 Å². The Morgan fingerprint density at radius 3 is 2.60 bits per heavy atom. The lowest BCUT2D eigenvalue weighted by Gasteiger charge is -2.10. The highest BCUT2D eigenvalue weighted by Crippen LogP contribution is 2.28. The zero-order valence-corrected chi connectivity index (χ0v) is 15.9. The third-order valence-corrected chi connectivity index (χ3v) is 5.22. The van der Waals surface area contributed by atoms with Gasteiger partial charge in [-0.3, -0.25) is 4.98 Å². The van der Waals surface area contributed by atoms with E-state index in [4.69, 9.17) is 0 Å². The van der Waals surface area contributed by atoms with E-state index >= 15 is 0 Å². The van der Waals surface area contributed by atoms with Gasteiger partial charge in [-0.25, -0.2) is 16.8 Å². The molecule has 2 aromatic heterocycles. The highest BCUT2D eigenvalue weighted by Gasteiger charge is 2.23. The van der Waals surface area contributed by atoms with Crippen LogP contribution in [0, 0.1) is 5.82 Å². The van der Waals surface area contributed by atoms with Crippen LogP contribution in [0.3, 0.4) is 0 Å². The number of aromatic nitrogens is 2. The second-order valence-electron chi connectivity index (χ2n) is 5.23.